The highest BCUT2D eigenvalue weighted by Gasteiger charge is 2.21. The second-order valence-corrected chi connectivity index (χ2v) is 4.21. The molecule has 0 aromatic rings. The molecule has 0 radical (unpaired) electrons. The number of nitrogens with one attached hydrogen (secondary N) is 1. The van der Waals surface area contributed by atoms with E-state index >= 15 is 0 Å². The molecule has 0 saturated carbocycles. The lowest BCUT2D eigenvalue weighted by atomic mass is 10.1. The molecule has 4 heteroatoms. The molecule has 1 aliphatic rings. The Morgan fingerprint density at radius 3 is 3.08 bits per heavy atom. The first-order valence-corrected chi connectivity index (χ1v) is 5.39. The standard InChI is InChI=1S/C9H16Cl2N2/c1-12-5-8-2-3-13(6-8)7-9(11)4-10/h4,8,12H,2-3,5-7H2,1H3. The fourth-order valence-electron chi connectivity index (χ4n) is 1.76. The SMILES string of the molecule is CNCC1CCN(CC(Cl)=CCl)C1. The molecule has 0 bridgehead atoms. The largest absolute Gasteiger partial charge is 0.319 e. The molecule has 1 N–H and O–H groups in total. The van der Waals surface area contributed by atoms with Gasteiger partial charge in [-0.15, -0.1) is 0 Å². The molecule has 1 aliphatic heterocycles. The second kappa shape index (κ2) is 5.86. The van der Waals surface area contributed by atoms with Gasteiger partial charge in [0.05, 0.1) is 0 Å². The van der Waals surface area contributed by atoms with Gasteiger partial charge in [0.1, 0.15) is 0 Å². The van der Waals surface area contributed by atoms with Crippen molar-refractivity contribution in [3.8, 4) is 0 Å². The number of nitrogens with zero attached hydrogens (tertiary/aromatic N) is 1. The fourth-order valence-corrected chi connectivity index (χ4v) is 2.00. The molecule has 0 aromatic heterocycles. The number of halogens is 2. The average molecular weight is 223 g/mol. The number of hydrogen-bond acceptors (Lipinski definition) is 2. The van der Waals surface area contributed by atoms with E-state index in [4.69, 9.17) is 23.2 Å². The highest BCUT2D eigenvalue weighted by molar-refractivity contribution is 6.36. The van der Waals surface area contributed by atoms with E-state index in [0.29, 0.717) is 0 Å². The van der Waals surface area contributed by atoms with Crippen molar-refractivity contribution in [3.05, 3.63) is 10.6 Å². The molecule has 1 heterocycles. The van der Waals surface area contributed by atoms with Gasteiger partial charge in [0.2, 0.25) is 0 Å². The number of hydrogen-bond donors (Lipinski definition) is 1. The maximum Gasteiger partial charge on any atom is 0.0434 e. The van der Waals surface area contributed by atoms with Crippen LogP contribution in [0.25, 0.3) is 0 Å². The summed E-state index contributed by atoms with van der Waals surface area (Å²) < 4.78 is 0. The molecule has 0 spiro atoms. The summed E-state index contributed by atoms with van der Waals surface area (Å²) >= 11 is 11.3. The van der Waals surface area contributed by atoms with Crippen LogP contribution in [-0.4, -0.2) is 38.1 Å². The first kappa shape index (κ1) is 11.3. The van der Waals surface area contributed by atoms with Crippen LogP contribution in [0, 0.1) is 5.92 Å². The van der Waals surface area contributed by atoms with Crippen molar-refractivity contribution in [2.24, 2.45) is 5.92 Å². The van der Waals surface area contributed by atoms with Gasteiger partial charge in [0.25, 0.3) is 0 Å². The number of rotatable bonds is 4. The average Bonchev–Trinajstić information content (AvgIpc) is 2.53. The van der Waals surface area contributed by atoms with E-state index in [2.05, 4.69) is 10.2 Å². The molecule has 1 unspecified atom stereocenters. The molecule has 13 heavy (non-hydrogen) atoms. The van der Waals surface area contributed by atoms with E-state index in [1.54, 1.807) is 0 Å². The molecule has 76 valence electrons. The first-order chi connectivity index (χ1) is 6.26. The predicted molar refractivity (Wildman–Crippen MR) is 58.3 cm³/mol. The summed E-state index contributed by atoms with van der Waals surface area (Å²) in [5.74, 6) is 0.768. The van der Waals surface area contributed by atoms with Gasteiger partial charge in [-0.05, 0) is 32.5 Å². The Kier molecular flexibility index (Phi) is 5.10. The smallest absolute Gasteiger partial charge is 0.0434 e. The van der Waals surface area contributed by atoms with Crippen molar-refractivity contribution in [1.29, 1.82) is 0 Å². The van der Waals surface area contributed by atoms with E-state index < -0.39 is 0 Å². The maximum atomic E-state index is 5.84. The van der Waals surface area contributed by atoms with Crippen molar-refractivity contribution < 1.29 is 0 Å². The van der Waals surface area contributed by atoms with Crippen LogP contribution in [0.4, 0.5) is 0 Å². The maximum absolute atomic E-state index is 5.84. The molecule has 0 aliphatic carbocycles. The van der Waals surface area contributed by atoms with Crippen molar-refractivity contribution >= 4 is 23.2 Å². The summed E-state index contributed by atoms with van der Waals surface area (Å²) in [4.78, 5) is 2.34. The van der Waals surface area contributed by atoms with Crippen LogP contribution in [0.2, 0.25) is 0 Å². The Hall–Kier alpha value is 0.240. The van der Waals surface area contributed by atoms with Crippen LogP contribution in [0.3, 0.4) is 0 Å². The predicted octanol–water partition coefficient (Wildman–Crippen LogP) is 1.85. The summed E-state index contributed by atoms with van der Waals surface area (Å²) in [5.41, 5.74) is 1.45. The third kappa shape index (κ3) is 3.86. The van der Waals surface area contributed by atoms with Gasteiger partial charge < -0.3 is 5.32 Å². The van der Waals surface area contributed by atoms with Crippen LogP contribution in [0.5, 0.6) is 0 Å². The van der Waals surface area contributed by atoms with Gasteiger partial charge >= 0.3 is 0 Å². The van der Waals surface area contributed by atoms with Gasteiger partial charge in [0.15, 0.2) is 0 Å². The molecule has 0 amide bonds. The second-order valence-electron chi connectivity index (χ2n) is 3.50. The molecular formula is C9H16Cl2N2. The summed E-state index contributed by atoms with van der Waals surface area (Å²) in [6.07, 6.45) is 1.26. The summed E-state index contributed by atoms with van der Waals surface area (Å²) in [6, 6.07) is 0. The van der Waals surface area contributed by atoms with Crippen LogP contribution in [0.1, 0.15) is 6.42 Å². The molecule has 2 nitrogen and oxygen atoms in total. The van der Waals surface area contributed by atoms with Crippen molar-refractivity contribution in [2.75, 3.05) is 33.2 Å². The highest BCUT2D eigenvalue weighted by atomic mass is 35.5. The van der Waals surface area contributed by atoms with E-state index in [0.717, 1.165) is 37.1 Å². The lowest BCUT2D eigenvalue weighted by Crippen LogP contribution is -2.25. The van der Waals surface area contributed by atoms with E-state index in [1.165, 1.54) is 12.0 Å². The van der Waals surface area contributed by atoms with E-state index in [-0.39, 0.29) is 0 Å². The molecule has 1 atom stereocenters. The Morgan fingerprint density at radius 2 is 2.46 bits per heavy atom. The van der Waals surface area contributed by atoms with Crippen molar-refractivity contribution in [1.82, 2.24) is 10.2 Å². The fraction of sp³-hybridized carbons (Fsp3) is 0.778. The minimum Gasteiger partial charge on any atom is -0.319 e. The minimum atomic E-state index is 0.728. The third-order valence-electron chi connectivity index (χ3n) is 2.36. The van der Waals surface area contributed by atoms with Crippen LogP contribution in [0.15, 0.2) is 10.6 Å². The zero-order valence-electron chi connectivity index (χ0n) is 7.89. The Morgan fingerprint density at radius 1 is 1.69 bits per heavy atom. The summed E-state index contributed by atoms with van der Waals surface area (Å²) in [6.45, 7) is 4.15. The van der Waals surface area contributed by atoms with Crippen molar-refractivity contribution in [2.45, 2.75) is 6.42 Å². The van der Waals surface area contributed by atoms with Gasteiger partial charge in [-0.3, -0.25) is 4.90 Å². The lowest BCUT2D eigenvalue weighted by molar-refractivity contribution is 0.354. The van der Waals surface area contributed by atoms with Gasteiger partial charge in [-0.1, -0.05) is 23.2 Å². The monoisotopic (exact) mass is 222 g/mol. The Balaban J connectivity index is 2.25. The molecule has 1 fully saturated rings. The van der Waals surface area contributed by atoms with Crippen LogP contribution < -0.4 is 5.32 Å². The van der Waals surface area contributed by atoms with E-state index in [1.807, 2.05) is 7.05 Å². The third-order valence-corrected chi connectivity index (χ3v) is 2.96. The van der Waals surface area contributed by atoms with E-state index in [9.17, 15) is 0 Å². The van der Waals surface area contributed by atoms with Gasteiger partial charge in [-0.25, -0.2) is 0 Å². The zero-order chi connectivity index (χ0) is 9.68. The van der Waals surface area contributed by atoms with Gasteiger partial charge in [-0.2, -0.15) is 0 Å². The summed E-state index contributed by atoms with van der Waals surface area (Å²) in [5, 5.41) is 3.93. The van der Waals surface area contributed by atoms with Crippen LogP contribution in [-0.2, 0) is 0 Å². The molecular weight excluding hydrogens is 207 g/mol. The highest BCUT2D eigenvalue weighted by Crippen LogP contribution is 2.17. The Bertz CT molecular complexity index is 182. The molecule has 1 saturated heterocycles. The quantitative estimate of drug-likeness (QED) is 0.782. The normalized spacial score (nSPS) is 25.5. The summed E-state index contributed by atoms with van der Waals surface area (Å²) in [7, 11) is 1.99. The minimum absolute atomic E-state index is 0.728. The molecule has 0 aromatic carbocycles. The van der Waals surface area contributed by atoms with Crippen LogP contribution >= 0.6 is 23.2 Å². The lowest BCUT2D eigenvalue weighted by Gasteiger charge is -2.14. The Labute approximate surface area is 89.9 Å². The topological polar surface area (TPSA) is 15.3 Å². The number of likely N-dealkylation sites (tertiary alicyclic amines) is 1. The van der Waals surface area contributed by atoms with Crippen molar-refractivity contribution in [3.63, 3.8) is 0 Å². The zero-order valence-corrected chi connectivity index (χ0v) is 9.41. The molecule has 1 rings (SSSR count). The van der Waals surface area contributed by atoms with Gasteiger partial charge in [0, 0.05) is 23.7 Å². The first-order valence-electron chi connectivity index (χ1n) is 4.58.